The second kappa shape index (κ2) is 5.69. The Labute approximate surface area is 108 Å². The van der Waals surface area contributed by atoms with Crippen LogP contribution in [0.25, 0.3) is 0 Å². The third-order valence-corrected chi connectivity index (χ3v) is 3.01. The lowest BCUT2D eigenvalue weighted by Gasteiger charge is -2.10. The molecule has 2 aromatic rings. The van der Waals surface area contributed by atoms with Gasteiger partial charge < -0.3 is 10.4 Å². The molecule has 0 unspecified atom stereocenters. The average molecular weight is 241 g/mol. The Kier molecular flexibility index (Phi) is 4.00. The van der Waals surface area contributed by atoms with E-state index in [-0.39, 0.29) is 0 Å². The smallest absolute Gasteiger partial charge is 0.122 e. The van der Waals surface area contributed by atoms with Gasteiger partial charge in [-0.1, -0.05) is 48.0 Å². The molecule has 2 aromatic carbocycles. The van der Waals surface area contributed by atoms with Gasteiger partial charge in [0, 0.05) is 18.7 Å². The van der Waals surface area contributed by atoms with E-state index in [1.54, 1.807) is 0 Å². The standard InChI is InChI=1S/C16H19NO/c1-12-8-13(2)16(18)15(9-12)11-17-10-14-6-4-3-5-7-14/h3-9,17-18H,10-11H2,1-2H3. The van der Waals surface area contributed by atoms with Gasteiger partial charge in [-0.25, -0.2) is 0 Å². The van der Waals surface area contributed by atoms with Gasteiger partial charge in [-0.3, -0.25) is 0 Å². The maximum absolute atomic E-state index is 9.98. The molecule has 0 aliphatic rings. The highest BCUT2D eigenvalue weighted by Gasteiger charge is 2.05. The van der Waals surface area contributed by atoms with Crippen molar-refractivity contribution in [3.8, 4) is 5.75 Å². The van der Waals surface area contributed by atoms with Gasteiger partial charge in [0.1, 0.15) is 5.75 Å². The number of aromatic hydroxyl groups is 1. The third kappa shape index (κ3) is 3.11. The van der Waals surface area contributed by atoms with Gasteiger partial charge in [-0.05, 0) is 25.0 Å². The SMILES string of the molecule is Cc1cc(C)c(O)c(CNCc2ccccc2)c1. The Morgan fingerprint density at radius 2 is 1.72 bits per heavy atom. The van der Waals surface area contributed by atoms with Crippen molar-refractivity contribution in [2.75, 3.05) is 0 Å². The molecular weight excluding hydrogens is 222 g/mol. The van der Waals surface area contributed by atoms with Crippen LogP contribution in [0.3, 0.4) is 0 Å². The fourth-order valence-corrected chi connectivity index (χ4v) is 2.12. The summed E-state index contributed by atoms with van der Waals surface area (Å²) in [4.78, 5) is 0. The Balaban J connectivity index is 1.99. The summed E-state index contributed by atoms with van der Waals surface area (Å²) in [5.74, 6) is 0.404. The summed E-state index contributed by atoms with van der Waals surface area (Å²) in [5.41, 5.74) is 4.33. The third-order valence-electron chi connectivity index (χ3n) is 3.01. The molecule has 94 valence electrons. The van der Waals surface area contributed by atoms with Crippen LogP contribution in [0.2, 0.25) is 0 Å². The van der Waals surface area contributed by atoms with Crippen LogP contribution in [0.15, 0.2) is 42.5 Å². The van der Waals surface area contributed by atoms with Crippen molar-refractivity contribution in [1.82, 2.24) is 5.32 Å². The Hall–Kier alpha value is -1.80. The fourth-order valence-electron chi connectivity index (χ4n) is 2.12. The van der Waals surface area contributed by atoms with Crippen LogP contribution < -0.4 is 5.32 Å². The minimum Gasteiger partial charge on any atom is -0.507 e. The van der Waals surface area contributed by atoms with Gasteiger partial charge >= 0.3 is 0 Å². The van der Waals surface area contributed by atoms with Crippen LogP contribution in [0.1, 0.15) is 22.3 Å². The second-order valence-electron chi connectivity index (χ2n) is 4.68. The number of phenols is 1. The van der Waals surface area contributed by atoms with E-state index in [1.165, 1.54) is 11.1 Å². The molecule has 0 saturated carbocycles. The summed E-state index contributed by atoms with van der Waals surface area (Å²) in [6.45, 7) is 5.48. The molecule has 0 radical (unpaired) electrons. The first kappa shape index (κ1) is 12.7. The number of phenolic OH excluding ortho intramolecular Hbond substituents is 1. The highest BCUT2D eigenvalue weighted by molar-refractivity contribution is 5.42. The normalized spacial score (nSPS) is 10.6. The van der Waals surface area contributed by atoms with Gasteiger partial charge in [-0.15, -0.1) is 0 Å². The summed E-state index contributed by atoms with van der Waals surface area (Å²) >= 11 is 0. The molecule has 0 saturated heterocycles. The minimum atomic E-state index is 0.404. The van der Waals surface area contributed by atoms with Gasteiger partial charge in [-0.2, -0.15) is 0 Å². The van der Waals surface area contributed by atoms with Crippen molar-refractivity contribution in [1.29, 1.82) is 0 Å². The van der Waals surface area contributed by atoms with E-state index in [4.69, 9.17) is 0 Å². The van der Waals surface area contributed by atoms with Crippen LogP contribution in [-0.2, 0) is 13.1 Å². The van der Waals surface area contributed by atoms with Crippen LogP contribution in [0, 0.1) is 13.8 Å². The van der Waals surface area contributed by atoms with E-state index >= 15 is 0 Å². The lowest BCUT2D eigenvalue weighted by Crippen LogP contribution is -2.13. The molecule has 18 heavy (non-hydrogen) atoms. The van der Waals surface area contributed by atoms with Gasteiger partial charge in [0.05, 0.1) is 0 Å². The van der Waals surface area contributed by atoms with Crippen molar-refractivity contribution in [3.05, 3.63) is 64.7 Å². The molecule has 2 rings (SSSR count). The quantitative estimate of drug-likeness (QED) is 0.860. The molecular formula is C16H19NO. The number of hydrogen-bond donors (Lipinski definition) is 2. The first-order valence-electron chi connectivity index (χ1n) is 6.20. The van der Waals surface area contributed by atoms with Crippen LogP contribution in [-0.4, -0.2) is 5.11 Å². The predicted molar refractivity (Wildman–Crippen MR) is 74.6 cm³/mol. The van der Waals surface area contributed by atoms with Gasteiger partial charge in [0.2, 0.25) is 0 Å². The zero-order valence-corrected chi connectivity index (χ0v) is 10.9. The first-order chi connectivity index (χ1) is 8.66. The van der Waals surface area contributed by atoms with Crippen molar-refractivity contribution in [2.45, 2.75) is 26.9 Å². The van der Waals surface area contributed by atoms with E-state index < -0.39 is 0 Å². The van der Waals surface area contributed by atoms with Crippen molar-refractivity contribution in [3.63, 3.8) is 0 Å². The number of benzene rings is 2. The molecule has 0 fully saturated rings. The Bertz CT molecular complexity index is 520. The summed E-state index contributed by atoms with van der Waals surface area (Å²) in [6, 6.07) is 14.3. The monoisotopic (exact) mass is 241 g/mol. The van der Waals surface area contributed by atoms with E-state index in [0.29, 0.717) is 12.3 Å². The molecule has 0 aliphatic heterocycles. The van der Waals surface area contributed by atoms with Crippen molar-refractivity contribution < 1.29 is 5.11 Å². The summed E-state index contributed by atoms with van der Waals surface area (Å²) in [5, 5.41) is 13.3. The topological polar surface area (TPSA) is 32.3 Å². The summed E-state index contributed by atoms with van der Waals surface area (Å²) < 4.78 is 0. The lowest BCUT2D eigenvalue weighted by atomic mass is 10.1. The maximum Gasteiger partial charge on any atom is 0.122 e. The minimum absolute atomic E-state index is 0.404. The molecule has 0 atom stereocenters. The first-order valence-corrected chi connectivity index (χ1v) is 6.20. The molecule has 0 amide bonds. The van der Waals surface area contributed by atoms with E-state index in [1.807, 2.05) is 44.2 Å². The van der Waals surface area contributed by atoms with Crippen LogP contribution in [0.4, 0.5) is 0 Å². The highest BCUT2D eigenvalue weighted by atomic mass is 16.3. The molecule has 2 nitrogen and oxygen atoms in total. The van der Waals surface area contributed by atoms with Crippen LogP contribution in [0.5, 0.6) is 5.75 Å². The van der Waals surface area contributed by atoms with E-state index in [2.05, 4.69) is 17.4 Å². The molecule has 0 heterocycles. The zero-order valence-electron chi connectivity index (χ0n) is 10.9. The molecule has 0 aromatic heterocycles. The Morgan fingerprint density at radius 1 is 1.00 bits per heavy atom. The molecule has 2 heteroatoms. The number of rotatable bonds is 4. The van der Waals surface area contributed by atoms with Crippen molar-refractivity contribution in [2.24, 2.45) is 0 Å². The largest absolute Gasteiger partial charge is 0.507 e. The second-order valence-corrected chi connectivity index (χ2v) is 4.68. The Morgan fingerprint density at radius 3 is 2.44 bits per heavy atom. The van der Waals surface area contributed by atoms with Crippen LogP contribution >= 0.6 is 0 Å². The zero-order chi connectivity index (χ0) is 13.0. The summed E-state index contributed by atoms with van der Waals surface area (Å²) in [6.07, 6.45) is 0. The summed E-state index contributed by atoms with van der Waals surface area (Å²) in [7, 11) is 0. The number of nitrogens with one attached hydrogen (secondary N) is 1. The molecule has 0 bridgehead atoms. The average Bonchev–Trinajstić information content (AvgIpc) is 2.36. The maximum atomic E-state index is 9.98. The number of hydrogen-bond acceptors (Lipinski definition) is 2. The predicted octanol–water partition coefficient (Wildman–Crippen LogP) is 3.30. The van der Waals surface area contributed by atoms with E-state index in [0.717, 1.165) is 17.7 Å². The van der Waals surface area contributed by atoms with Gasteiger partial charge in [0.25, 0.3) is 0 Å². The molecule has 0 spiro atoms. The molecule has 0 aliphatic carbocycles. The fraction of sp³-hybridized carbons (Fsp3) is 0.250. The number of aryl methyl sites for hydroxylation is 2. The molecule has 2 N–H and O–H groups in total. The van der Waals surface area contributed by atoms with Crippen molar-refractivity contribution >= 4 is 0 Å². The van der Waals surface area contributed by atoms with E-state index in [9.17, 15) is 5.11 Å². The highest BCUT2D eigenvalue weighted by Crippen LogP contribution is 2.23. The van der Waals surface area contributed by atoms with Gasteiger partial charge in [0.15, 0.2) is 0 Å². The lowest BCUT2D eigenvalue weighted by molar-refractivity contribution is 0.460.